The Morgan fingerprint density at radius 3 is 2.64 bits per heavy atom. The van der Waals surface area contributed by atoms with Gasteiger partial charge in [0.1, 0.15) is 5.84 Å². The van der Waals surface area contributed by atoms with Gasteiger partial charge in [-0.2, -0.15) is 0 Å². The lowest BCUT2D eigenvalue weighted by Gasteiger charge is -2.26. The summed E-state index contributed by atoms with van der Waals surface area (Å²) in [5, 5.41) is 7.03. The molecular formula is C8H11FN2. The van der Waals surface area contributed by atoms with Gasteiger partial charge >= 0.3 is 0 Å². The van der Waals surface area contributed by atoms with Gasteiger partial charge in [-0.15, -0.1) is 0 Å². The van der Waals surface area contributed by atoms with Crippen molar-refractivity contribution in [2.75, 3.05) is 0 Å². The molecule has 0 spiro atoms. The van der Waals surface area contributed by atoms with Crippen molar-refractivity contribution in [3.8, 4) is 0 Å². The summed E-state index contributed by atoms with van der Waals surface area (Å²) in [5.41, 5.74) is 3.35. The van der Waals surface area contributed by atoms with Crippen LogP contribution in [-0.4, -0.2) is 11.5 Å². The maximum atomic E-state index is 13.6. The van der Waals surface area contributed by atoms with E-state index in [1.54, 1.807) is 25.2 Å². The van der Waals surface area contributed by atoms with E-state index >= 15 is 0 Å². The SMILES string of the molecule is CC1C=CC=CC1(F)C(=N)N. The number of rotatable bonds is 1. The van der Waals surface area contributed by atoms with Crippen LogP contribution in [0.4, 0.5) is 4.39 Å². The molecule has 11 heavy (non-hydrogen) atoms. The number of halogens is 1. The second kappa shape index (κ2) is 2.49. The Bertz CT molecular complexity index is 232. The van der Waals surface area contributed by atoms with Crippen LogP contribution in [-0.2, 0) is 0 Å². The summed E-state index contributed by atoms with van der Waals surface area (Å²) in [6, 6.07) is 0. The summed E-state index contributed by atoms with van der Waals surface area (Å²) < 4.78 is 13.6. The largest absolute Gasteiger partial charge is 0.385 e. The molecule has 2 nitrogen and oxygen atoms in total. The summed E-state index contributed by atoms with van der Waals surface area (Å²) in [4.78, 5) is 0. The van der Waals surface area contributed by atoms with E-state index in [2.05, 4.69) is 0 Å². The van der Waals surface area contributed by atoms with Crippen LogP contribution in [0.3, 0.4) is 0 Å². The van der Waals surface area contributed by atoms with Crippen LogP contribution < -0.4 is 5.73 Å². The maximum absolute atomic E-state index is 13.6. The van der Waals surface area contributed by atoms with E-state index in [4.69, 9.17) is 11.1 Å². The molecule has 2 unspecified atom stereocenters. The van der Waals surface area contributed by atoms with Crippen molar-refractivity contribution in [2.24, 2.45) is 11.7 Å². The molecule has 0 aromatic carbocycles. The van der Waals surface area contributed by atoms with Gasteiger partial charge in [0.05, 0.1) is 0 Å². The van der Waals surface area contributed by atoms with Gasteiger partial charge in [-0.05, 0) is 6.08 Å². The molecule has 0 saturated heterocycles. The lowest BCUT2D eigenvalue weighted by molar-refractivity contribution is 0.258. The van der Waals surface area contributed by atoms with Crippen molar-refractivity contribution in [2.45, 2.75) is 12.6 Å². The maximum Gasteiger partial charge on any atom is 0.191 e. The van der Waals surface area contributed by atoms with E-state index < -0.39 is 11.5 Å². The zero-order valence-electron chi connectivity index (χ0n) is 6.34. The third-order valence-corrected chi connectivity index (χ3v) is 1.93. The van der Waals surface area contributed by atoms with Crippen LogP contribution in [0, 0.1) is 11.3 Å². The molecular weight excluding hydrogens is 143 g/mol. The molecule has 1 aliphatic rings. The minimum absolute atomic E-state index is 0.343. The molecule has 0 bridgehead atoms. The van der Waals surface area contributed by atoms with Crippen LogP contribution in [0.15, 0.2) is 24.3 Å². The Kier molecular flexibility index (Phi) is 1.81. The molecule has 0 aromatic rings. The van der Waals surface area contributed by atoms with Crippen LogP contribution in [0.5, 0.6) is 0 Å². The summed E-state index contributed by atoms with van der Waals surface area (Å²) in [5.74, 6) is -0.768. The lowest BCUT2D eigenvalue weighted by Crippen LogP contribution is -2.43. The average Bonchev–Trinajstić information content (AvgIpc) is 1.95. The minimum atomic E-state index is -1.77. The van der Waals surface area contributed by atoms with Gasteiger partial charge in [0, 0.05) is 5.92 Å². The van der Waals surface area contributed by atoms with Crippen molar-refractivity contribution in [1.29, 1.82) is 5.41 Å². The van der Waals surface area contributed by atoms with E-state index in [9.17, 15) is 4.39 Å². The predicted octanol–water partition coefficient (Wildman–Crippen LogP) is 1.39. The van der Waals surface area contributed by atoms with E-state index in [0.29, 0.717) is 0 Å². The highest BCUT2D eigenvalue weighted by atomic mass is 19.1. The quantitative estimate of drug-likeness (QED) is 0.435. The molecule has 1 rings (SSSR count). The highest BCUT2D eigenvalue weighted by Crippen LogP contribution is 2.27. The smallest absolute Gasteiger partial charge is 0.191 e. The van der Waals surface area contributed by atoms with Gasteiger partial charge in [0.25, 0.3) is 0 Å². The molecule has 0 amide bonds. The number of alkyl halides is 1. The summed E-state index contributed by atoms with van der Waals surface area (Å²) >= 11 is 0. The van der Waals surface area contributed by atoms with Gasteiger partial charge in [0.2, 0.25) is 0 Å². The zero-order valence-corrected chi connectivity index (χ0v) is 6.34. The van der Waals surface area contributed by atoms with E-state index in [1.807, 2.05) is 0 Å². The Hall–Kier alpha value is -1.12. The van der Waals surface area contributed by atoms with E-state index in [1.165, 1.54) is 6.08 Å². The van der Waals surface area contributed by atoms with E-state index in [0.717, 1.165) is 0 Å². The summed E-state index contributed by atoms with van der Waals surface area (Å²) in [6.07, 6.45) is 6.34. The lowest BCUT2D eigenvalue weighted by atomic mass is 9.86. The third kappa shape index (κ3) is 1.18. The second-order valence-electron chi connectivity index (χ2n) is 2.71. The first-order valence-corrected chi connectivity index (χ1v) is 3.47. The van der Waals surface area contributed by atoms with Crippen LogP contribution in [0.1, 0.15) is 6.92 Å². The van der Waals surface area contributed by atoms with Gasteiger partial charge in [-0.3, -0.25) is 5.41 Å². The number of amidine groups is 1. The summed E-state index contributed by atoms with van der Waals surface area (Å²) in [7, 11) is 0. The van der Waals surface area contributed by atoms with Gasteiger partial charge < -0.3 is 5.73 Å². The Balaban J connectivity index is 2.94. The average molecular weight is 154 g/mol. The first-order chi connectivity index (χ1) is 5.07. The van der Waals surface area contributed by atoms with Gasteiger partial charge in [0.15, 0.2) is 5.67 Å². The fourth-order valence-electron chi connectivity index (χ4n) is 1.05. The fourth-order valence-corrected chi connectivity index (χ4v) is 1.05. The van der Waals surface area contributed by atoms with Crippen LogP contribution >= 0.6 is 0 Å². The molecule has 3 heteroatoms. The normalized spacial score (nSPS) is 35.6. The molecule has 0 fully saturated rings. The van der Waals surface area contributed by atoms with Crippen LogP contribution in [0.2, 0.25) is 0 Å². The van der Waals surface area contributed by atoms with Gasteiger partial charge in [-0.25, -0.2) is 4.39 Å². The number of hydrogen-bond donors (Lipinski definition) is 2. The zero-order chi connectivity index (χ0) is 8.48. The molecule has 0 radical (unpaired) electrons. The highest BCUT2D eigenvalue weighted by molar-refractivity contribution is 5.89. The molecule has 0 saturated carbocycles. The van der Waals surface area contributed by atoms with E-state index in [-0.39, 0.29) is 5.92 Å². The summed E-state index contributed by atoms with van der Waals surface area (Å²) in [6.45, 7) is 1.70. The van der Waals surface area contributed by atoms with Gasteiger partial charge in [-0.1, -0.05) is 25.2 Å². The number of nitrogens with two attached hydrogens (primary N) is 1. The Morgan fingerprint density at radius 1 is 1.64 bits per heavy atom. The Morgan fingerprint density at radius 2 is 2.27 bits per heavy atom. The van der Waals surface area contributed by atoms with Crippen molar-refractivity contribution in [3.63, 3.8) is 0 Å². The highest BCUT2D eigenvalue weighted by Gasteiger charge is 2.36. The predicted molar refractivity (Wildman–Crippen MR) is 43.2 cm³/mol. The van der Waals surface area contributed by atoms with Crippen molar-refractivity contribution >= 4 is 5.84 Å². The minimum Gasteiger partial charge on any atom is -0.385 e. The fraction of sp³-hybridized carbons (Fsp3) is 0.375. The first-order valence-electron chi connectivity index (χ1n) is 3.47. The molecule has 1 aliphatic carbocycles. The number of hydrogen-bond acceptors (Lipinski definition) is 1. The van der Waals surface area contributed by atoms with Crippen molar-refractivity contribution in [3.05, 3.63) is 24.3 Å². The van der Waals surface area contributed by atoms with Crippen molar-refractivity contribution in [1.82, 2.24) is 0 Å². The molecule has 0 heterocycles. The van der Waals surface area contributed by atoms with Crippen LogP contribution in [0.25, 0.3) is 0 Å². The van der Waals surface area contributed by atoms with Crippen molar-refractivity contribution < 1.29 is 4.39 Å². The molecule has 0 aliphatic heterocycles. The molecule has 2 atom stereocenters. The third-order valence-electron chi connectivity index (χ3n) is 1.93. The second-order valence-corrected chi connectivity index (χ2v) is 2.71. The molecule has 3 N–H and O–H groups in total. The molecule has 0 aromatic heterocycles. The number of allylic oxidation sites excluding steroid dienone is 3. The molecule has 60 valence electrons. The Labute approximate surface area is 65.1 Å². The number of nitrogens with one attached hydrogen (secondary N) is 1. The first kappa shape index (κ1) is 7.98. The standard InChI is InChI=1S/C8H11FN2/c1-6-4-2-3-5-8(6,9)7(10)11/h2-6H,1H3,(H3,10,11). The monoisotopic (exact) mass is 154 g/mol. The topological polar surface area (TPSA) is 49.9 Å².